The maximum absolute atomic E-state index is 5.59. The molecule has 2 rings (SSSR count). The fourth-order valence-corrected chi connectivity index (χ4v) is 2.73. The summed E-state index contributed by atoms with van der Waals surface area (Å²) in [6, 6.07) is 7.42. The molecule has 2 heteroatoms. The zero-order valence-electron chi connectivity index (χ0n) is 12.4. The van der Waals surface area contributed by atoms with Gasteiger partial charge in [-0.3, -0.25) is 0 Å². The first-order valence-electron chi connectivity index (χ1n) is 7.72. The van der Waals surface area contributed by atoms with Crippen molar-refractivity contribution in [1.29, 1.82) is 0 Å². The highest BCUT2D eigenvalue weighted by molar-refractivity contribution is 5.37. The molecule has 0 saturated carbocycles. The largest absolute Gasteiger partial charge is 0.381 e. The molecule has 0 aromatic heterocycles. The quantitative estimate of drug-likeness (QED) is 0.719. The van der Waals surface area contributed by atoms with Gasteiger partial charge in [-0.15, -0.1) is 0 Å². The molecule has 0 saturated heterocycles. The van der Waals surface area contributed by atoms with E-state index in [9.17, 15) is 0 Å². The highest BCUT2D eigenvalue weighted by Gasteiger charge is 2.21. The van der Waals surface area contributed by atoms with Gasteiger partial charge in [0.1, 0.15) is 0 Å². The van der Waals surface area contributed by atoms with E-state index >= 15 is 0 Å². The summed E-state index contributed by atoms with van der Waals surface area (Å²) >= 11 is 0. The summed E-state index contributed by atoms with van der Waals surface area (Å²) in [4.78, 5) is 0. The highest BCUT2D eigenvalue weighted by Crippen LogP contribution is 2.31. The van der Waals surface area contributed by atoms with Gasteiger partial charge in [-0.1, -0.05) is 37.1 Å². The number of hydrogen-bond acceptors (Lipinski definition) is 2. The number of unbranched alkanes of at least 4 members (excludes halogenated alkanes) is 1. The van der Waals surface area contributed by atoms with Crippen LogP contribution < -0.4 is 5.32 Å². The zero-order valence-corrected chi connectivity index (χ0v) is 12.4. The Morgan fingerprint density at radius 2 is 2.11 bits per heavy atom. The Bertz CT molecular complexity index is 389. The Morgan fingerprint density at radius 1 is 1.26 bits per heavy atom. The summed E-state index contributed by atoms with van der Waals surface area (Å²) in [7, 11) is 0. The first kappa shape index (κ1) is 14.5. The fraction of sp³-hybridized carbons (Fsp3) is 0.647. The zero-order chi connectivity index (χ0) is 13.5. The average molecular weight is 261 g/mol. The maximum Gasteiger partial charge on any atom is 0.0478 e. The van der Waals surface area contributed by atoms with Crippen molar-refractivity contribution in [2.45, 2.75) is 52.0 Å². The molecular weight excluding hydrogens is 234 g/mol. The van der Waals surface area contributed by atoms with Gasteiger partial charge in [0.05, 0.1) is 0 Å². The van der Waals surface area contributed by atoms with Gasteiger partial charge in [0.25, 0.3) is 0 Å². The predicted molar refractivity (Wildman–Crippen MR) is 80.6 cm³/mol. The lowest BCUT2D eigenvalue weighted by Crippen LogP contribution is -2.21. The molecule has 106 valence electrons. The molecule has 1 aromatic rings. The molecule has 0 radical (unpaired) electrons. The number of fused-ring (bicyclic) bond motifs is 1. The van der Waals surface area contributed by atoms with Gasteiger partial charge < -0.3 is 10.1 Å². The van der Waals surface area contributed by atoms with Gasteiger partial charge in [-0.2, -0.15) is 0 Å². The molecule has 0 spiro atoms. The van der Waals surface area contributed by atoms with Crippen LogP contribution in [0.3, 0.4) is 0 Å². The monoisotopic (exact) mass is 261 g/mol. The van der Waals surface area contributed by atoms with Gasteiger partial charge in [-0.05, 0) is 50.3 Å². The number of hydrogen-bond donors (Lipinski definition) is 1. The van der Waals surface area contributed by atoms with E-state index in [-0.39, 0.29) is 0 Å². The number of nitrogens with one attached hydrogen (secondary N) is 1. The standard InChI is InChI=1S/C17H27NO/c1-3-4-11-19-12-5-10-18-17-9-8-15-7-6-14(2)13-16(15)17/h6-7,13,17-18H,3-5,8-12H2,1-2H3. The molecule has 1 atom stereocenters. The average Bonchev–Trinajstić information content (AvgIpc) is 2.80. The number of aryl methyl sites for hydroxylation is 2. The minimum absolute atomic E-state index is 0.561. The summed E-state index contributed by atoms with van der Waals surface area (Å²) in [5, 5.41) is 3.68. The van der Waals surface area contributed by atoms with Gasteiger partial charge in [-0.25, -0.2) is 0 Å². The third-order valence-corrected chi connectivity index (χ3v) is 3.88. The molecule has 19 heavy (non-hydrogen) atoms. The summed E-state index contributed by atoms with van der Waals surface area (Å²) in [6.45, 7) is 7.24. The SMILES string of the molecule is CCCCOCCCNC1CCc2ccc(C)cc21. The van der Waals surface area contributed by atoms with Crippen LogP contribution in [0.5, 0.6) is 0 Å². The topological polar surface area (TPSA) is 21.3 Å². The summed E-state index contributed by atoms with van der Waals surface area (Å²) in [5.74, 6) is 0. The normalized spacial score (nSPS) is 17.7. The van der Waals surface area contributed by atoms with Crippen molar-refractivity contribution in [3.05, 3.63) is 34.9 Å². The maximum atomic E-state index is 5.59. The van der Waals surface area contributed by atoms with Crippen molar-refractivity contribution in [3.63, 3.8) is 0 Å². The van der Waals surface area contributed by atoms with E-state index in [1.807, 2.05) is 0 Å². The van der Waals surface area contributed by atoms with Crippen molar-refractivity contribution in [1.82, 2.24) is 5.32 Å². The first-order valence-corrected chi connectivity index (χ1v) is 7.72. The van der Waals surface area contributed by atoms with Crippen molar-refractivity contribution in [2.75, 3.05) is 19.8 Å². The lowest BCUT2D eigenvalue weighted by Gasteiger charge is -2.14. The Labute approximate surface area is 117 Å². The Morgan fingerprint density at radius 3 is 2.95 bits per heavy atom. The predicted octanol–water partition coefficient (Wildman–Crippen LogP) is 3.78. The van der Waals surface area contributed by atoms with Crippen LogP contribution in [0.15, 0.2) is 18.2 Å². The third-order valence-electron chi connectivity index (χ3n) is 3.88. The molecular formula is C17H27NO. The van der Waals surface area contributed by atoms with E-state index in [2.05, 4.69) is 37.4 Å². The van der Waals surface area contributed by atoms with E-state index in [4.69, 9.17) is 4.74 Å². The van der Waals surface area contributed by atoms with Gasteiger partial charge in [0.15, 0.2) is 0 Å². The molecule has 1 aliphatic rings. The second-order valence-corrected chi connectivity index (χ2v) is 5.57. The van der Waals surface area contributed by atoms with Crippen molar-refractivity contribution >= 4 is 0 Å². The van der Waals surface area contributed by atoms with Crippen molar-refractivity contribution in [2.24, 2.45) is 0 Å². The van der Waals surface area contributed by atoms with Gasteiger partial charge >= 0.3 is 0 Å². The lowest BCUT2D eigenvalue weighted by atomic mass is 10.1. The van der Waals surface area contributed by atoms with Crippen LogP contribution in [0.4, 0.5) is 0 Å². The minimum atomic E-state index is 0.561. The molecule has 0 bridgehead atoms. The molecule has 0 fully saturated rings. The van der Waals surface area contributed by atoms with Crippen molar-refractivity contribution in [3.8, 4) is 0 Å². The van der Waals surface area contributed by atoms with Crippen LogP contribution in [0.2, 0.25) is 0 Å². The van der Waals surface area contributed by atoms with Crippen LogP contribution >= 0.6 is 0 Å². The minimum Gasteiger partial charge on any atom is -0.381 e. The Kier molecular flexibility index (Phi) is 5.87. The summed E-state index contributed by atoms with van der Waals surface area (Å²) in [5.41, 5.74) is 4.42. The van der Waals surface area contributed by atoms with E-state index in [0.717, 1.165) is 26.2 Å². The van der Waals surface area contributed by atoms with Gasteiger partial charge in [0.2, 0.25) is 0 Å². The number of benzene rings is 1. The fourth-order valence-electron chi connectivity index (χ4n) is 2.73. The highest BCUT2D eigenvalue weighted by atomic mass is 16.5. The second kappa shape index (κ2) is 7.66. The number of rotatable bonds is 8. The van der Waals surface area contributed by atoms with Gasteiger partial charge in [0, 0.05) is 19.3 Å². The van der Waals surface area contributed by atoms with Crippen molar-refractivity contribution < 1.29 is 4.74 Å². The first-order chi connectivity index (χ1) is 9.31. The van der Waals surface area contributed by atoms with Crippen LogP contribution in [0, 0.1) is 6.92 Å². The molecule has 0 heterocycles. The lowest BCUT2D eigenvalue weighted by molar-refractivity contribution is 0.128. The molecule has 1 N–H and O–H groups in total. The smallest absolute Gasteiger partial charge is 0.0478 e. The van der Waals surface area contributed by atoms with E-state index in [1.54, 1.807) is 0 Å². The third kappa shape index (κ3) is 4.32. The second-order valence-electron chi connectivity index (χ2n) is 5.57. The van der Waals surface area contributed by atoms with Crippen LogP contribution in [-0.4, -0.2) is 19.8 Å². The van der Waals surface area contributed by atoms with Crippen LogP contribution in [-0.2, 0) is 11.2 Å². The van der Waals surface area contributed by atoms with Crippen LogP contribution in [0.25, 0.3) is 0 Å². The molecule has 0 aliphatic heterocycles. The summed E-state index contributed by atoms with van der Waals surface area (Å²) in [6.07, 6.45) is 5.98. The van der Waals surface area contributed by atoms with E-state index in [1.165, 1.54) is 42.4 Å². The molecule has 1 unspecified atom stereocenters. The van der Waals surface area contributed by atoms with E-state index < -0.39 is 0 Å². The Balaban J connectivity index is 1.67. The molecule has 0 amide bonds. The molecule has 1 aliphatic carbocycles. The van der Waals surface area contributed by atoms with E-state index in [0.29, 0.717) is 6.04 Å². The molecule has 2 nitrogen and oxygen atoms in total. The Hall–Kier alpha value is -0.860. The summed E-state index contributed by atoms with van der Waals surface area (Å²) < 4.78 is 5.59. The molecule has 1 aromatic carbocycles. The van der Waals surface area contributed by atoms with Crippen LogP contribution in [0.1, 0.15) is 55.3 Å². The number of ether oxygens (including phenoxy) is 1.